The molecular weight excluding hydrogens is 386 g/mol. The first-order valence-electron chi connectivity index (χ1n) is 10.6. The van der Waals surface area contributed by atoms with Gasteiger partial charge in [0.15, 0.2) is 0 Å². The molecule has 4 rings (SSSR count). The van der Waals surface area contributed by atoms with E-state index < -0.39 is 0 Å². The summed E-state index contributed by atoms with van der Waals surface area (Å²) in [6, 6.07) is 18.1. The molecule has 0 radical (unpaired) electrons. The van der Waals surface area contributed by atoms with Crippen LogP contribution in [0.4, 0.5) is 0 Å². The number of aryl methyl sites for hydroxylation is 1. The molecule has 2 aromatic carbocycles. The molecule has 0 spiro atoms. The number of hydrogen-bond acceptors (Lipinski definition) is 3. The van der Waals surface area contributed by atoms with E-state index in [1.165, 1.54) is 5.56 Å². The van der Waals surface area contributed by atoms with Gasteiger partial charge in [0.2, 0.25) is 5.91 Å². The Bertz CT molecular complexity index is 1170. The van der Waals surface area contributed by atoms with E-state index in [0.717, 1.165) is 39.8 Å². The molecule has 1 atom stereocenters. The number of nitrogens with one attached hydrogen (secondary N) is 2. The Kier molecular flexibility index (Phi) is 6.32. The molecule has 0 bridgehead atoms. The molecule has 31 heavy (non-hydrogen) atoms. The topological polar surface area (TPSA) is 67.0 Å². The second-order valence-electron chi connectivity index (χ2n) is 7.57. The molecule has 4 aromatic rings. The van der Waals surface area contributed by atoms with E-state index in [1.54, 1.807) is 19.5 Å². The summed E-state index contributed by atoms with van der Waals surface area (Å²) in [6.45, 7) is 2.63. The molecule has 2 N–H and O–H groups in total. The normalized spacial score (nSPS) is 11.9. The van der Waals surface area contributed by atoms with Crippen LogP contribution in [0.2, 0.25) is 0 Å². The van der Waals surface area contributed by atoms with Crippen LogP contribution in [-0.2, 0) is 17.8 Å². The van der Waals surface area contributed by atoms with Crippen LogP contribution in [-0.4, -0.2) is 23.0 Å². The van der Waals surface area contributed by atoms with Crippen molar-refractivity contribution >= 4 is 16.8 Å². The van der Waals surface area contributed by atoms with E-state index in [1.807, 2.05) is 42.6 Å². The van der Waals surface area contributed by atoms with Gasteiger partial charge in [-0.2, -0.15) is 0 Å². The molecule has 0 saturated heterocycles. The molecule has 1 unspecified atom stereocenters. The standard InChI is InChI=1S/C26H27N3O2/c1-3-19-7-6-9-21-23(17-29-26(19)21)22(20-8-4-5-10-24(20)31-2)15-25(30)28-16-18-11-13-27-14-12-18/h4-14,17,22,29H,3,15-16H2,1-2H3,(H,28,30). The zero-order valence-corrected chi connectivity index (χ0v) is 17.9. The summed E-state index contributed by atoms with van der Waals surface area (Å²) >= 11 is 0. The Hall–Kier alpha value is -3.60. The van der Waals surface area contributed by atoms with Gasteiger partial charge in [-0.05, 0) is 41.3 Å². The fraction of sp³-hybridized carbons (Fsp3) is 0.231. The van der Waals surface area contributed by atoms with Crippen molar-refractivity contribution < 1.29 is 9.53 Å². The number of nitrogens with zero attached hydrogens (tertiary/aromatic N) is 1. The second-order valence-corrected chi connectivity index (χ2v) is 7.57. The minimum atomic E-state index is -0.130. The first-order chi connectivity index (χ1) is 15.2. The maximum Gasteiger partial charge on any atom is 0.221 e. The van der Waals surface area contributed by atoms with Gasteiger partial charge in [-0.25, -0.2) is 0 Å². The first-order valence-corrected chi connectivity index (χ1v) is 10.6. The summed E-state index contributed by atoms with van der Waals surface area (Å²) in [5.74, 6) is 0.651. The molecule has 0 aliphatic rings. The third-order valence-corrected chi connectivity index (χ3v) is 5.73. The van der Waals surface area contributed by atoms with Crippen molar-refractivity contribution in [1.82, 2.24) is 15.3 Å². The number of H-pyrrole nitrogens is 1. The third kappa shape index (κ3) is 4.45. The van der Waals surface area contributed by atoms with Crippen LogP contribution < -0.4 is 10.1 Å². The molecule has 2 aromatic heterocycles. The summed E-state index contributed by atoms with van der Waals surface area (Å²) in [6.07, 6.45) is 6.78. The molecule has 2 heterocycles. The number of pyridine rings is 1. The van der Waals surface area contributed by atoms with Crippen molar-refractivity contribution in [1.29, 1.82) is 0 Å². The SMILES string of the molecule is CCc1cccc2c(C(CC(=O)NCc3ccncc3)c3ccccc3OC)c[nH]c12. The van der Waals surface area contributed by atoms with Crippen LogP contribution in [0.15, 0.2) is 73.2 Å². The number of benzene rings is 2. The number of carbonyl (C=O) groups excluding carboxylic acids is 1. The Morgan fingerprint density at radius 2 is 1.87 bits per heavy atom. The molecule has 0 saturated carbocycles. The number of methoxy groups -OCH3 is 1. The Morgan fingerprint density at radius 1 is 1.06 bits per heavy atom. The van der Waals surface area contributed by atoms with Gasteiger partial charge in [0, 0.05) is 53.9 Å². The van der Waals surface area contributed by atoms with Crippen molar-refractivity contribution in [3.05, 3.63) is 95.4 Å². The highest BCUT2D eigenvalue weighted by atomic mass is 16.5. The maximum absolute atomic E-state index is 13.0. The zero-order chi connectivity index (χ0) is 21.6. The maximum atomic E-state index is 13.0. The summed E-state index contributed by atoms with van der Waals surface area (Å²) in [5.41, 5.74) is 5.54. The lowest BCUT2D eigenvalue weighted by Crippen LogP contribution is -2.25. The molecule has 0 aliphatic carbocycles. The van der Waals surface area contributed by atoms with Crippen molar-refractivity contribution in [2.75, 3.05) is 7.11 Å². The number of rotatable bonds is 8. The predicted molar refractivity (Wildman–Crippen MR) is 123 cm³/mol. The average molecular weight is 414 g/mol. The Balaban J connectivity index is 1.68. The fourth-order valence-corrected chi connectivity index (χ4v) is 4.12. The van der Waals surface area contributed by atoms with Gasteiger partial charge in [-0.1, -0.05) is 43.3 Å². The van der Waals surface area contributed by atoms with Gasteiger partial charge < -0.3 is 15.0 Å². The molecular formula is C26H27N3O2. The van der Waals surface area contributed by atoms with Gasteiger partial charge in [0.1, 0.15) is 5.75 Å². The van der Waals surface area contributed by atoms with Crippen LogP contribution in [0.25, 0.3) is 10.9 Å². The number of hydrogen-bond donors (Lipinski definition) is 2. The van der Waals surface area contributed by atoms with Crippen molar-refractivity contribution in [2.24, 2.45) is 0 Å². The summed E-state index contributed by atoms with van der Waals surface area (Å²) in [4.78, 5) is 20.4. The lowest BCUT2D eigenvalue weighted by Gasteiger charge is -2.20. The van der Waals surface area contributed by atoms with E-state index in [-0.39, 0.29) is 11.8 Å². The summed E-state index contributed by atoms with van der Waals surface area (Å²) in [5, 5.41) is 4.20. The first kappa shape index (κ1) is 20.7. The number of amides is 1. The monoisotopic (exact) mass is 413 g/mol. The smallest absolute Gasteiger partial charge is 0.221 e. The highest BCUT2D eigenvalue weighted by Crippen LogP contribution is 2.38. The van der Waals surface area contributed by atoms with E-state index in [4.69, 9.17) is 4.74 Å². The lowest BCUT2D eigenvalue weighted by atomic mass is 9.87. The summed E-state index contributed by atoms with van der Waals surface area (Å²) in [7, 11) is 1.67. The van der Waals surface area contributed by atoms with E-state index in [9.17, 15) is 4.79 Å². The molecule has 5 heteroatoms. The molecule has 0 fully saturated rings. The number of ether oxygens (including phenoxy) is 1. The minimum Gasteiger partial charge on any atom is -0.496 e. The summed E-state index contributed by atoms with van der Waals surface area (Å²) < 4.78 is 5.64. The number of aromatic nitrogens is 2. The second kappa shape index (κ2) is 9.47. The third-order valence-electron chi connectivity index (χ3n) is 5.73. The lowest BCUT2D eigenvalue weighted by molar-refractivity contribution is -0.121. The number of fused-ring (bicyclic) bond motifs is 1. The highest BCUT2D eigenvalue weighted by molar-refractivity contribution is 5.88. The van der Waals surface area contributed by atoms with Crippen LogP contribution >= 0.6 is 0 Å². The van der Waals surface area contributed by atoms with Crippen LogP contribution in [0, 0.1) is 0 Å². The molecule has 158 valence electrons. The molecule has 1 amide bonds. The average Bonchev–Trinajstić information content (AvgIpc) is 3.26. The van der Waals surface area contributed by atoms with Gasteiger partial charge in [-0.15, -0.1) is 0 Å². The van der Waals surface area contributed by atoms with E-state index in [0.29, 0.717) is 13.0 Å². The zero-order valence-electron chi connectivity index (χ0n) is 17.9. The van der Waals surface area contributed by atoms with Gasteiger partial charge in [0.25, 0.3) is 0 Å². The van der Waals surface area contributed by atoms with Crippen molar-refractivity contribution in [3.63, 3.8) is 0 Å². The van der Waals surface area contributed by atoms with E-state index >= 15 is 0 Å². The van der Waals surface area contributed by atoms with Gasteiger partial charge in [-0.3, -0.25) is 9.78 Å². The van der Waals surface area contributed by atoms with Gasteiger partial charge >= 0.3 is 0 Å². The van der Waals surface area contributed by atoms with E-state index in [2.05, 4.69) is 40.4 Å². The highest BCUT2D eigenvalue weighted by Gasteiger charge is 2.24. The van der Waals surface area contributed by atoms with Crippen LogP contribution in [0.1, 0.15) is 41.5 Å². The quantitative estimate of drug-likeness (QED) is 0.428. The predicted octanol–water partition coefficient (Wildman–Crippen LogP) is 4.97. The minimum absolute atomic E-state index is 0.00582. The van der Waals surface area contributed by atoms with Crippen molar-refractivity contribution in [2.45, 2.75) is 32.2 Å². The van der Waals surface area contributed by atoms with Crippen LogP contribution in [0.5, 0.6) is 5.75 Å². The van der Waals surface area contributed by atoms with Crippen LogP contribution in [0.3, 0.4) is 0 Å². The van der Waals surface area contributed by atoms with Crippen molar-refractivity contribution in [3.8, 4) is 5.75 Å². The van der Waals surface area contributed by atoms with Gasteiger partial charge in [0.05, 0.1) is 7.11 Å². The molecule has 0 aliphatic heterocycles. The number of carbonyl (C=O) groups is 1. The Morgan fingerprint density at radius 3 is 2.65 bits per heavy atom. The largest absolute Gasteiger partial charge is 0.496 e. The molecule has 5 nitrogen and oxygen atoms in total. The fourth-order valence-electron chi connectivity index (χ4n) is 4.12. The number of para-hydroxylation sites is 2. The number of aromatic amines is 1. The Labute approximate surface area is 182 Å².